The van der Waals surface area contributed by atoms with Gasteiger partial charge in [0.05, 0.1) is 39.3 Å². The van der Waals surface area contributed by atoms with Crippen LogP contribution in [0.1, 0.15) is 44.5 Å². The number of nitrogens with zero attached hydrogens (tertiary/aromatic N) is 10. The largest absolute Gasteiger partial charge is 1.00 e. The van der Waals surface area contributed by atoms with E-state index in [1.165, 1.54) is 0 Å². The standard InChI is InChI=1S/C42H44N10O2.4HI/c1-31-15-35(23-49-11-7-45(3)27-49)41(36(16-31)24-50-12-8-46(4)28-50)53-39-19-33(21-43)34(22-44)20-40(39)54-42-37(25-51-13-9-47(5)29-51)17-32(2)18-38(42)26-52-14-10-48(6)30-52;;;;/h7-20,27-30H,23-26H2,1-6H3;4*1H/q+4;;;;/p-4. The molecule has 0 spiro atoms. The first-order valence-electron chi connectivity index (χ1n) is 17.7. The molecule has 16 heteroatoms. The topological polar surface area (TPSA) is 101 Å². The third-order valence-corrected chi connectivity index (χ3v) is 9.23. The van der Waals surface area contributed by atoms with E-state index in [-0.39, 0.29) is 107 Å². The Labute approximate surface area is 407 Å². The average Bonchev–Trinajstić information content (AvgIpc) is 3.94. The molecule has 0 aliphatic rings. The van der Waals surface area contributed by atoms with E-state index in [0.29, 0.717) is 49.2 Å². The summed E-state index contributed by atoms with van der Waals surface area (Å²) >= 11 is 0. The molecule has 4 aromatic heterocycles. The van der Waals surface area contributed by atoms with Crippen LogP contribution >= 0.6 is 0 Å². The first kappa shape index (κ1) is 48.4. The molecule has 7 aromatic rings. The number of aromatic nitrogens is 8. The van der Waals surface area contributed by atoms with Crippen LogP contribution in [0.3, 0.4) is 0 Å². The minimum Gasteiger partial charge on any atom is -1.00 e. The molecule has 0 aliphatic carbocycles. The van der Waals surface area contributed by atoms with Crippen LogP contribution in [0, 0.1) is 36.5 Å². The van der Waals surface area contributed by atoms with Crippen molar-refractivity contribution in [2.75, 3.05) is 0 Å². The minimum atomic E-state index is 0. The molecule has 0 bridgehead atoms. The maximum Gasteiger partial charge on any atom is 0.243 e. The van der Waals surface area contributed by atoms with Crippen molar-refractivity contribution < 1.29 is 124 Å². The summed E-state index contributed by atoms with van der Waals surface area (Å²) in [5.74, 6) is 2.00. The highest BCUT2D eigenvalue weighted by atomic mass is 127. The molecule has 0 unspecified atom stereocenters. The number of rotatable bonds is 12. The SMILES string of the molecule is Cc1cc(Cn2cc[n+](C)c2)c(Oc2cc(C#N)c(C#N)cc2Oc2c(Cn3cc[n+](C)c3)cc(C)cc2Cn2cc[n+](C)c2)c(Cn2cc[n+](C)c2)c1.[I-].[I-].[I-].[I-]. The van der Waals surface area contributed by atoms with Gasteiger partial charge in [-0.1, -0.05) is 11.1 Å². The van der Waals surface area contributed by atoms with Crippen LogP contribution in [-0.2, 0) is 54.4 Å². The van der Waals surface area contributed by atoms with Gasteiger partial charge in [-0.15, -0.1) is 0 Å². The second-order valence-electron chi connectivity index (χ2n) is 14.1. The molecular formula is C42H44I4N10O2. The Bertz CT molecular complexity index is 2290. The van der Waals surface area contributed by atoms with E-state index in [1.54, 1.807) is 12.1 Å². The van der Waals surface area contributed by atoms with Crippen molar-refractivity contribution in [3.05, 3.63) is 156 Å². The molecule has 58 heavy (non-hydrogen) atoms. The molecule has 0 atom stereocenters. The molecule has 3 aromatic carbocycles. The maximum absolute atomic E-state index is 10.2. The highest BCUT2D eigenvalue weighted by Gasteiger charge is 2.24. The van der Waals surface area contributed by atoms with Gasteiger partial charge < -0.3 is 105 Å². The lowest BCUT2D eigenvalue weighted by Gasteiger charge is -2.20. The monoisotopic (exact) mass is 1230 g/mol. The van der Waals surface area contributed by atoms with Crippen LogP contribution in [0.15, 0.2) is 111 Å². The van der Waals surface area contributed by atoms with Crippen LogP contribution in [0.5, 0.6) is 23.0 Å². The lowest BCUT2D eigenvalue weighted by atomic mass is 10.0. The van der Waals surface area contributed by atoms with Gasteiger partial charge in [0.2, 0.25) is 25.3 Å². The van der Waals surface area contributed by atoms with E-state index in [4.69, 9.17) is 9.47 Å². The summed E-state index contributed by atoms with van der Waals surface area (Å²) in [4.78, 5) is 0. The third kappa shape index (κ3) is 11.6. The number of benzene rings is 3. The Kier molecular flexibility index (Phi) is 17.8. The number of aryl methyl sites for hydroxylation is 6. The predicted molar refractivity (Wildman–Crippen MR) is 197 cm³/mol. The molecule has 0 saturated carbocycles. The molecule has 0 saturated heterocycles. The van der Waals surface area contributed by atoms with E-state index in [1.807, 2.05) is 121 Å². The van der Waals surface area contributed by atoms with E-state index in [0.717, 1.165) is 33.4 Å². The molecule has 0 N–H and O–H groups in total. The Hall–Kier alpha value is -4.00. The summed E-state index contributed by atoms with van der Waals surface area (Å²) < 4.78 is 30.4. The summed E-state index contributed by atoms with van der Waals surface area (Å²) in [6, 6.07) is 16.2. The predicted octanol–water partition coefficient (Wildman–Crippen LogP) is -7.66. The fourth-order valence-corrected chi connectivity index (χ4v) is 6.88. The first-order chi connectivity index (χ1) is 26.0. The van der Waals surface area contributed by atoms with Gasteiger partial charge in [-0.05, 0) is 38.1 Å². The van der Waals surface area contributed by atoms with Gasteiger partial charge in [-0.3, -0.25) is 0 Å². The summed E-state index contributed by atoms with van der Waals surface area (Å²) in [5, 5.41) is 20.4. The molecule has 4 heterocycles. The molecule has 0 amide bonds. The highest BCUT2D eigenvalue weighted by Crippen LogP contribution is 2.42. The van der Waals surface area contributed by atoms with Crippen molar-refractivity contribution >= 4 is 0 Å². The molecule has 7 rings (SSSR count). The summed E-state index contributed by atoms with van der Waals surface area (Å²) in [5.41, 5.74) is 6.45. The van der Waals surface area contributed by atoms with E-state index in [9.17, 15) is 10.5 Å². The number of nitriles is 2. The molecule has 0 radical (unpaired) electrons. The zero-order valence-corrected chi connectivity index (χ0v) is 41.7. The van der Waals surface area contributed by atoms with E-state index < -0.39 is 0 Å². The summed E-state index contributed by atoms with van der Waals surface area (Å²) in [6.07, 6.45) is 24.2. The number of hydrogen-bond donors (Lipinski definition) is 0. The van der Waals surface area contributed by atoms with Crippen molar-refractivity contribution in [3.8, 4) is 35.1 Å². The normalized spacial score (nSPS) is 10.3. The van der Waals surface area contributed by atoms with Gasteiger partial charge in [-0.2, -0.15) is 10.5 Å². The summed E-state index contributed by atoms with van der Waals surface area (Å²) in [7, 11) is 7.97. The minimum absolute atomic E-state index is 0. The second kappa shape index (κ2) is 21.3. The smallest absolute Gasteiger partial charge is 0.243 e. The van der Waals surface area contributed by atoms with E-state index in [2.05, 4.69) is 68.5 Å². The first-order valence-corrected chi connectivity index (χ1v) is 17.7. The van der Waals surface area contributed by atoms with Crippen LogP contribution in [0.4, 0.5) is 0 Å². The molecule has 0 fully saturated rings. The van der Waals surface area contributed by atoms with Gasteiger partial charge in [0, 0.05) is 34.4 Å². The van der Waals surface area contributed by atoms with Gasteiger partial charge in [0.1, 0.15) is 99.4 Å². The molecule has 302 valence electrons. The molecule has 0 aliphatic heterocycles. The number of imidazole rings is 4. The van der Waals surface area contributed by atoms with Crippen molar-refractivity contribution in [2.45, 2.75) is 40.0 Å². The number of hydrogen-bond acceptors (Lipinski definition) is 4. The number of ether oxygens (including phenoxy) is 2. The zero-order valence-electron chi connectivity index (χ0n) is 33.0. The van der Waals surface area contributed by atoms with Gasteiger partial charge in [0.25, 0.3) is 0 Å². The second-order valence-corrected chi connectivity index (χ2v) is 14.1. The quantitative estimate of drug-likeness (QED) is 0.0898. The summed E-state index contributed by atoms with van der Waals surface area (Å²) in [6.45, 7) is 6.38. The fourth-order valence-electron chi connectivity index (χ4n) is 6.88. The van der Waals surface area contributed by atoms with Crippen molar-refractivity contribution in [2.24, 2.45) is 28.2 Å². The van der Waals surface area contributed by atoms with Crippen molar-refractivity contribution in [3.63, 3.8) is 0 Å². The maximum atomic E-state index is 10.2. The Morgan fingerprint density at radius 2 is 0.724 bits per heavy atom. The van der Waals surface area contributed by atoms with Crippen LogP contribution in [0.25, 0.3) is 0 Å². The fraction of sp³-hybridized carbons (Fsp3) is 0.238. The highest BCUT2D eigenvalue weighted by molar-refractivity contribution is 5.60. The van der Waals surface area contributed by atoms with Crippen LogP contribution in [-0.4, -0.2) is 18.3 Å². The van der Waals surface area contributed by atoms with Gasteiger partial charge in [0.15, 0.2) is 11.5 Å². The van der Waals surface area contributed by atoms with E-state index >= 15 is 0 Å². The van der Waals surface area contributed by atoms with Crippen LogP contribution < -0.4 is 124 Å². The third-order valence-electron chi connectivity index (χ3n) is 9.23. The molecular weight excluding hydrogens is 1180 g/mol. The van der Waals surface area contributed by atoms with Crippen molar-refractivity contribution in [1.29, 1.82) is 10.5 Å². The Morgan fingerprint density at radius 1 is 0.466 bits per heavy atom. The van der Waals surface area contributed by atoms with Gasteiger partial charge in [-0.25, -0.2) is 36.5 Å². The van der Waals surface area contributed by atoms with Crippen LogP contribution in [0.2, 0.25) is 0 Å². The molecule has 12 nitrogen and oxygen atoms in total. The lowest BCUT2D eigenvalue weighted by molar-refractivity contribution is -0.671. The van der Waals surface area contributed by atoms with Crippen molar-refractivity contribution in [1.82, 2.24) is 18.3 Å². The van der Waals surface area contributed by atoms with Gasteiger partial charge >= 0.3 is 0 Å². The number of halogens is 4. The zero-order chi connectivity index (χ0) is 37.9. The Morgan fingerprint density at radius 3 is 0.931 bits per heavy atom. The average molecular weight is 1230 g/mol. The Balaban J connectivity index is 0.00000225. The lowest BCUT2D eigenvalue weighted by Crippen LogP contribution is -3.00.